The summed E-state index contributed by atoms with van der Waals surface area (Å²) >= 11 is 0. The highest BCUT2D eigenvalue weighted by Crippen LogP contribution is 2.28. The number of rotatable bonds is 3. The zero-order valence-corrected chi connectivity index (χ0v) is 10.0. The summed E-state index contributed by atoms with van der Waals surface area (Å²) in [6.07, 6.45) is 1.20. The number of hydrogen-bond donors (Lipinski definition) is 1. The molecule has 0 bridgehead atoms. The van der Waals surface area contributed by atoms with Gasteiger partial charge in [-0.05, 0) is 34.6 Å². The number of nitrogens with zero attached hydrogens (tertiary/aromatic N) is 3. The summed E-state index contributed by atoms with van der Waals surface area (Å²) in [6.45, 7) is 1.88. The van der Waals surface area contributed by atoms with Crippen LogP contribution >= 0.6 is 0 Å². The summed E-state index contributed by atoms with van der Waals surface area (Å²) in [7, 11) is 7.83. The third kappa shape index (κ3) is 2.14. The van der Waals surface area contributed by atoms with E-state index in [1.165, 1.54) is 0 Å². The molecule has 5 heteroatoms. The quantitative estimate of drug-likeness (QED) is 0.715. The molecule has 0 amide bonds. The predicted molar refractivity (Wildman–Crippen MR) is 58.5 cm³/mol. The van der Waals surface area contributed by atoms with Crippen LogP contribution in [0.3, 0.4) is 0 Å². The Hall–Kier alpha value is -0.650. The molecule has 88 valence electrons. The summed E-state index contributed by atoms with van der Waals surface area (Å²) in [5.74, 6) is -1.24. The average molecular weight is 215 g/mol. The van der Waals surface area contributed by atoms with Crippen LogP contribution in [0.5, 0.6) is 0 Å². The van der Waals surface area contributed by atoms with Gasteiger partial charge >= 0.3 is 5.97 Å². The van der Waals surface area contributed by atoms with Crippen LogP contribution in [0, 0.1) is 0 Å². The minimum absolute atomic E-state index is 0.118. The third-order valence-corrected chi connectivity index (χ3v) is 3.31. The lowest BCUT2D eigenvalue weighted by atomic mass is 10.1. The molecule has 0 unspecified atom stereocenters. The summed E-state index contributed by atoms with van der Waals surface area (Å²) in [5, 5.41) is 9.04. The van der Waals surface area contributed by atoms with Gasteiger partial charge in [0.2, 0.25) is 0 Å². The molecule has 0 aromatic rings. The molecule has 0 aliphatic carbocycles. The van der Waals surface area contributed by atoms with Crippen molar-refractivity contribution in [2.45, 2.75) is 18.6 Å². The van der Waals surface area contributed by atoms with Gasteiger partial charge in [0.15, 0.2) is 0 Å². The van der Waals surface area contributed by atoms with Gasteiger partial charge in [0.1, 0.15) is 5.79 Å². The monoisotopic (exact) mass is 215 g/mol. The highest BCUT2D eigenvalue weighted by molar-refractivity contribution is 5.68. The Morgan fingerprint density at radius 1 is 1.33 bits per heavy atom. The van der Waals surface area contributed by atoms with Crippen molar-refractivity contribution in [2.75, 3.05) is 41.3 Å². The molecule has 0 aromatic carbocycles. The van der Waals surface area contributed by atoms with E-state index in [9.17, 15) is 4.79 Å². The second kappa shape index (κ2) is 4.47. The number of hydrogen-bond acceptors (Lipinski definition) is 4. The Morgan fingerprint density at radius 3 is 2.13 bits per heavy atom. The van der Waals surface area contributed by atoms with E-state index in [1.807, 2.05) is 33.1 Å². The Kier molecular flexibility index (Phi) is 3.70. The molecule has 0 saturated carbocycles. The largest absolute Gasteiger partial charge is 0.481 e. The van der Waals surface area contributed by atoms with Gasteiger partial charge in [-0.3, -0.25) is 19.5 Å². The molecule has 0 spiro atoms. The van der Waals surface area contributed by atoms with E-state index in [-0.39, 0.29) is 6.42 Å². The zero-order chi connectivity index (χ0) is 11.6. The lowest BCUT2D eigenvalue weighted by molar-refractivity contribution is -0.176. The Balaban J connectivity index is 2.98. The second-order valence-corrected chi connectivity index (χ2v) is 4.44. The molecular weight excluding hydrogens is 194 g/mol. The minimum atomic E-state index is -0.760. The number of aliphatic carboxylic acids is 1. The first kappa shape index (κ1) is 12.4. The van der Waals surface area contributed by atoms with E-state index < -0.39 is 11.8 Å². The molecule has 1 heterocycles. The fourth-order valence-electron chi connectivity index (χ4n) is 2.51. The van der Waals surface area contributed by atoms with Crippen molar-refractivity contribution in [1.29, 1.82) is 0 Å². The van der Waals surface area contributed by atoms with Gasteiger partial charge in [0.25, 0.3) is 0 Å². The lowest BCUT2D eigenvalue weighted by Gasteiger charge is -2.54. The van der Waals surface area contributed by atoms with Gasteiger partial charge in [0, 0.05) is 13.1 Å². The SMILES string of the molecule is CN(C)C1(CC(=O)O)N(C)CCCN1C. The predicted octanol–water partition coefficient (Wildman–Crippen LogP) is -0.0562. The molecule has 0 atom stereocenters. The number of carboxylic acids is 1. The molecule has 1 rings (SSSR count). The van der Waals surface area contributed by atoms with Crippen LogP contribution in [0.15, 0.2) is 0 Å². The molecule has 1 aliphatic heterocycles. The van der Waals surface area contributed by atoms with Gasteiger partial charge in [-0.1, -0.05) is 0 Å². The summed E-state index contributed by atoms with van der Waals surface area (Å²) in [6, 6.07) is 0. The molecule has 1 aliphatic rings. The molecule has 1 N–H and O–H groups in total. The van der Waals surface area contributed by atoms with Gasteiger partial charge < -0.3 is 5.11 Å². The van der Waals surface area contributed by atoms with Gasteiger partial charge in [-0.25, -0.2) is 0 Å². The molecule has 1 saturated heterocycles. The molecule has 5 nitrogen and oxygen atoms in total. The van der Waals surface area contributed by atoms with Crippen LogP contribution in [0.4, 0.5) is 0 Å². The third-order valence-electron chi connectivity index (χ3n) is 3.31. The Bertz CT molecular complexity index is 233. The van der Waals surface area contributed by atoms with Crippen molar-refractivity contribution < 1.29 is 9.90 Å². The van der Waals surface area contributed by atoms with Crippen LogP contribution < -0.4 is 0 Å². The molecular formula is C10H21N3O2. The van der Waals surface area contributed by atoms with Crippen molar-refractivity contribution in [3.63, 3.8) is 0 Å². The van der Waals surface area contributed by atoms with Crippen LogP contribution in [0.1, 0.15) is 12.8 Å². The van der Waals surface area contributed by atoms with E-state index in [4.69, 9.17) is 5.11 Å². The number of carboxylic acid groups (broad SMARTS) is 1. The average Bonchev–Trinajstić information content (AvgIpc) is 2.10. The van der Waals surface area contributed by atoms with E-state index in [2.05, 4.69) is 9.80 Å². The molecule has 0 aromatic heterocycles. The first-order chi connectivity index (χ1) is 6.91. The first-order valence-electron chi connectivity index (χ1n) is 5.23. The first-order valence-corrected chi connectivity index (χ1v) is 5.23. The van der Waals surface area contributed by atoms with Gasteiger partial charge in [-0.2, -0.15) is 0 Å². The fourth-order valence-corrected chi connectivity index (χ4v) is 2.51. The van der Waals surface area contributed by atoms with E-state index >= 15 is 0 Å². The van der Waals surface area contributed by atoms with Crippen molar-refractivity contribution in [1.82, 2.24) is 14.7 Å². The number of carbonyl (C=O) groups is 1. The van der Waals surface area contributed by atoms with E-state index in [0.29, 0.717) is 0 Å². The van der Waals surface area contributed by atoms with Gasteiger partial charge in [-0.15, -0.1) is 0 Å². The summed E-state index contributed by atoms with van der Waals surface area (Å²) in [5.41, 5.74) is 0. The van der Waals surface area contributed by atoms with Crippen molar-refractivity contribution in [3.05, 3.63) is 0 Å². The van der Waals surface area contributed by atoms with Crippen molar-refractivity contribution in [2.24, 2.45) is 0 Å². The fraction of sp³-hybridized carbons (Fsp3) is 0.900. The molecule has 1 fully saturated rings. The van der Waals surface area contributed by atoms with Crippen LogP contribution in [-0.4, -0.2) is 72.8 Å². The maximum absolute atomic E-state index is 11.0. The molecule has 15 heavy (non-hydrogen) atoms. The standard InChI is InChI=1S/C10H21N3O2/c1-11(2)10(8-9(14)15)12(3)6-5-7-13(10)4/h5-8H2,1-4H3,(H,14,15). The van der Waals surface area contributed by atoms with Crippen molar-refractivity contribution in [3.8, 4) is 0 Å². The minimum Gasteiger partial charge on any atom is -0.481 e. The molecule has 0 radical (unpaired) electrons. The summed E-state index contributed by atoms with van der Waals surface area (Å²) in [4.78, 5) is 17.2. The van der Waals surface area contributed by atoms with E-state index in [1.54, 1.807) is 0 Å². The highest BCUT2D eigenvalue weighted by atomic mass is 16.4. The summed E-state index contributed by atoms with van der Waals surface area (Å²) < 4.78 is 0. The lowest BCUT2D eigenvalue weighted by Crippen LogP contribution is -2.69. The van der Waals surface area contributed by atoms with Crippen LogP contribution in [-0.2, 0) is 4.79 Å². The topological polar surface area (TPSA) is 47.0 Å². The zero-order valence-electron chi connectivity index (χ0n) is 10.0. The van der Waals surface area contributed by atoms with Crippen molar-refractivity contribution >= 4 is 5.97 Å². The van der Waals surface area contributed by atoms with E-state index in [0.717, 1.165) is 19.5 Å². The maximum atomic E-state index is 11.0. The van der Waals surface area contributed by atoms with Crippen LogP contribution in [0.2, 0.25) is 0 Å². The van der Waals surface area contributed by atoms with Gasteiger partial charge in [0.05, 0.1) is 6.42 Å². The van der Waals surface area contributed by atoms with Crippen LogP contribution in [0.25, 0.3) is 0 Å². The Morgan fingerprint density at radius 2 is 1.80 bits per heavy atom. The Labute approximate surface area is 91.3 Å². The normalized spacial score (nSPS) is 23.3. The highest BCUT2D eigenvalue weighted by Gasteiger charge is 2.44. The second-order valence-electron chi connectivity index (χ2n) is 4.44. The maximum Gasteiger partial charge on any atom is 0.308 e. The smallest absolute Gasteiger partial charge is 0.308 e.